The van der Waals surface area contributed by atoms with Crippen molar-refractivity contribution in [1.82, 2.24) is 5.32 Å². The molecule has 100 valence electrons. The Hall–Kier alpha value is -1.30. The molecule has 1 aliphatic heterocycles. The fourth-order valence-corrected chi connectivity index (χ4v) is 1.67. The first-order valence-electron chi connectivity index (χ1n) is 5.95. The lowest BCUT2D eigenvalue weighted by atomic mass is 10.0. The zero-order valence-electron chi connectivity index (χ0n) is 10.6. The molecule has 1 aromatic carbocycles. The van der Waals surface area contributed by atoms with Gasteiger partial charge in [0.15, 0.2) is 11.5 Å². The third-order valence-electron chi connectivity index (χ3n) is 2.95. The minimum atomic E-state index is -0.648. The molecule has 1 unspecified atom stereocenters. The molecule has 3 N–H and O–H groups in total. The topological polar surface area (TPSA) is 71.0 Å². The van der Waals surface area contributed by atoms with Crippen LogP contribution in [-0.2, 0) is 0 Å². The molecule has 0 saturated carbocycles. The minimum absolute atomic E-state index is 0.0147. The van der Waals surface area contributed by atoms with Gasteiger partial charge in [0.1, 0.15) is 0 Å². The summed E-state index contributed by atoms with van der Waals surface area (Å²) in [5.74, 6) is 1.36. The van der Waals surface area contributed by atoms with Crippen molar-refractivity contribution in [3.63, 3.8) is 0 Å². The highest BCUT2D eigenvalue weighted by molar-refractivity contribution is 5.45. The van der Waals surface area contributed by atoms with Gasteiger partial charge < -0.3 is 25.0 Å². The number of benzene rings is 1. The van der Waals surface area contributed by atoms with Crippen molar-refractivity contribution in [3.8, 4) is 11.5 Å². The van der Waals surface area contributed by atoms with Gasteiger partial charge in [0, 0.05) is 12.1 Å². The van der Waals surface area contributed by atoms with Crippen molar-refractivity contribution < 1.29 is 19.7 Å². The average Bonchev–Trinajstić information content (AvgIpc) is 2.83. The van der Waals surface area contributed by atoms with Gasteiger partial charge >= 0.3 is 0 Å². The molecule has 0 fully saturated rings. The van der Waals surface area contributed by atoms with Gasteiger partial charge in [-0.25, -0.2) is 0 Å². The van der Waals surface area contributed by atoms with E-state index >= 15 is 0 Å². The first kappa shape index (κ1) is 13.1. The number of fused-ring (bicyclic) bond motifs is 1. The molecular formula is C13H19NO4. The van der Waals surface area contributed by atoms with E-state index in [4.69, 9.17) is 14.6 Å². The Balaban J connectivity index is 1.99. The number of hydrogen-bond donors (Lipinski definition) is 3. The molecule has 5 nitrogen and oxygen atoms in total. The zero-order valence-corrected chi connectivity index (χ0v) is 10.6. The summed E-state index contributed by atoms with van der Waals surface area (Å²) in [6, 6.07) is 5.38. The standard InChI is InChI=1S/C13H19NO4/c1-13(2,7-15)14-6-10(16)9-3-4-11-12(5-9)18-8-17-11/h3-5,10,14-16H,6-8H2,1-2H3. The second kappa shape index (κ2) is 5.14. The summed E-state index contributed by atoms with van der Waals surface area (Å²) in [4.78, 5) is 0. The van der Waals surface area contributed by atoms with E-state index in [9.17, 15) is 5.11 Å². The third-order valence-corrected chi connectivity index (χ3v) is 2.95. The Morgan fingerprint density at radius 2 is 2.06 bits per heavy atom. The van der Waals surface area contributed by atoms with Gasteiger partial charge in [-0.15, -0.1) is 0 Å². The van der Waals surface area contributed by atoms with Crippen LogP contribution in [0.5, 0.6) is 11.5 Å². The minimum Gasteiger partial charge on any atom is -0.454 e. The molecule has 1 heterocycles. The number of aliphatic hydroxyl groups is 2. The van der Waals surface area contributed by atoms with Gasteiger partial charge in [-0.05, 0) is 31.5 Å². The fraction of sp³-hybridized carbons (Fsp3) is 0.538. The van der Waals surface area contributed by atoms with Crippen LogP contribution in [0.15, 0.2) is 18.2 Å². The highest BCUT2D eigenvalue weighted by atomic mass is 16.7. The largest absolute Gasteiger partial charge is 0.454 e. The number of hydrogen-bond acceptors (Lipinski definition) is 5. The summed E-state index contributed by atoms with van der Waals surface area (Å²) in [7, 11) is 0. The molecule has 0 saturated heterocycles. The van der Waals surface area contributed by atoms with E-state index in [0.29, 0.717) is 18.0 Å². The molecule has 5 heteroatoms. The van der Waals surface area contributed by atoms with Crippen LogP contribution < -0.4 is 14.8 Å². The monoisotopic (exact) mass is 253 g/mol. The highest BCUT2D eigenvalue weighted by Crippen LogP contribution is 2.34. The fourth-order valence-electron chi connectivity index (χ4n) is 1.67. The molecule has 0 amide bonds. The van der Waals surface area contributed by atoms with E-state index in [1.807, 2.05) is 19.9 Å². The maximum Gasteiger partial charge on any atom is 0.231 e. The van der Waals surface area contributed by atoms with Crippen LogP contribution in [0.2, 0.25) is 0 Å². The van der Waals surface area contributed by atoms with Crippen LogP contribution in [0.3, 0.4) is 0 Å². The Morgan fingerprint density at radius 1 is 1.33 bits per heavy atom. The Kier molecular flexibility index (Phi) is 3.75. The summed E-state index contributed by atoms with van der Waals surface area (Å²) in [5.41, 5.74) is 0.359. The molecule has 0 aliphatic carbocycles. The number of rotatable bonds is 5. The van der Waals surface area contributed by atoms with Gasteiger partial charge in [-0.2, -0.15) is 0 Å². The quantitative estimate of drug-likeness (QED) is 0.724. The summed E-state index contributed by atoms with van der Waals surface area (Å²) >= 11 is 0. The predicted molar refractivity (Wildman–Crippen MR) is 66.7 cm³/mol. The molecule has 0 spiro atoms. The summed E-state index contributed by atoms with van der Waals surface area (Å²) in [6.07, 6.45) is -0.648. The highest BCUT2D eigenvalue weighted by Gasteiger charge is 2.20. The van der Waals surface area contributed by atoms with Crippen LogP contribution >= 0.6 is 0 Å². The first-order chi connectivity index (χ1) is 8.52. The molecule has 0 bridgehead atoms. The maximum absolute atomic E-state index is 10.1. The van der Waals surface area contributed by atoms with Gasteiger partial charge in [-0.3, -0.25) is 0 Å². The van der Waals surface area contributed by atoms with Gasteiger partial charge in [0.05, 0.1) is 12.7 Å². The van der Waals surface area contributed by atoms with Crippen molar-refractivity contribution in [2.75, 3.05) is 19.9 Å². The second-order valence-corrected chi connectivity index (χ2v) is 5.05. The Bertz CT molecular complexity index is 419. The van der Waals surface area contributed by atoms with Gasteiger partial charge in [0.25, 0.3) is 0 Å². The molecular weight excluding hydrogens is 234 g/mol. The average molecular weight is 253 g/mol. The lowest BCUT2D eigenvalue weighted by molar-refractivity contribution is 0.135. The lowest BCUT2D eigenvalue weighted by Crippen LogP contribution is -2.44. The maximum atomic E-state index is 10.1. The summed E-state index contributed by atoms with van der Waals surface area (Å²) in [6.45, 7) is 4.36. The number of aliphatic hydroxyl groups excluding tert-OH is 2. The van der Waals surface area contributed by atoms with Gasteiger partial charge in [0.2, 0.25) is 6.79 Å². The van der Waals surface area contributed by atoms with E-state index in [2.05, 4.69) is 5.32 Å². The smallest absolute Gasteiger partial charge is 0.231 e. The molecule has 1 aliphatic rings. The number of nitrogens with one attached hydrogen (secondary N) is 1. The van der Waals surface area contributed by atoms with Crippen LogP contribution in [-0.4, -0.2) is 35.7 Å². The van der Waals surface area contributed by atoms with E-state index in [1.54, 1.807) is 12.1 Å². The van der Waals surface area contributed by atoms with Gasteiger partial charge in [-0.1, -0.05) is 6.07 Å². The van der Waals surface area contributed by atoms with E-state index in [1.165, 1.54) is 0 Å². The van der Waals surface area contributed by atoms with E-state index in [0.717, 1.165) is 5.56 Å². The van der Waals surface area contributed by atoms with E-state index < -0.39 is 11.6 Å². The Labute approximate surface area is 106 Å². The first-order valence-corrected chi connectivity index (χ1v) is 5.95. The number of β-amino-alcohol motifs (C(OH)–C–C–N with tert-alkyl or cyclic N) is 1. The molecule has 18 heavy (non-hydrogen) atoms. The second-order valence-electron chi connectivity index (χ2n) is 5.05. The lowest BCUT2D eigenvalue weighted by Gasteiger charge is -2.25. The predicted octanol–water partition coefficient (Wildman–Crippen LogP) is 0.809. The van der Waals surface area contributed by atoms with Crippen molar-refractivity contribution in [2.45, 2.75) is 25.5 Å². The van der Waals surface area contributed by atoms with Crippen LogP contribution in [0.4, 0.5) is 0 Å². The van der Waals surface area contributed by atoms with Crippen LogP contribution in [0, 0.1) is 0 Å². The third kappa shape index (κ3) is 2.93. The SMILES string of the molecule is CC(C)(CO)NCC(O)c1ccc2c(c1)OCO2. The Morgan fingerprint density at radius 3 is 2.78 bits per heavy atom. The van der Waals surface area contributed by atoms with Crippen LogP contribution in [0.1, 0.15) is 25.5 Å². The van der Waals surface area contributed by atoms with Crippen molar-refractivity contribution in [2.24, 2.45) is 0 Å². The van der Waals surface area contributed by atoms with Crippen LogP contribution in [0.25, 0.3) is 0 Å². The molecule has 1 aromatic rings. The normalized spacial score (nSPS) is 15.8. The molecule has 0 radical (unpaired) electrons. The van der Waals surface area contributed by atoms with E-state index in [-0.39, 0.29) is 13.4 Å². The summed E-state index contributed by atoms with van der Waals surface area (Å²) in [5, 5.41) is 22.3. The summed E-state index contributed by atoms with van der Waals surface area (Å²) < 4.78 is 10.5. The van der Waals surface area contributed by atoms with Crippen molar-refractivity contribution >= 4 is 0 Å². The molecule has 0 aromatic heterocycles. The number of ether oxygens (including phenoxy) is 2. The zero-order chi connectivity index (χ0) is 13.2. The van der Waals surface area contributed by atoms with Crippen molar-refractivity contribution in [1.29, 1.82) is 0 Å². The molecule has 1 atom stereocenters. The van der Waals surface area contributed by atoms with Crippen molar-refractivity contribution in [3.05, 3.63) is 23.8 Å². The molecule has 2 rings (SSSR count).